The first-order valence-corrected chi connectivity index (χ1v) is 9.03. The van der Waals surface area contributed by atoms with Crippen molar-refractivity contribution in [1.29, 1.82) is 0 Å². The molecular formula is C18H22N6O3. The molecule has 0 aliphatic carbocycles. The molecule has 3 aliphatic rings. The highest BCUT2D eigenvalue weighted by molar-refractivity contribution is 5.93. The maximum absolute atomic E-state index is 12.7. The number of phenols is 1. The topological polar surface area (TPSA) is 126 Å². The van der Waals surface area contributed by atoms with Crippen LogP contribution >= 0.6 is 0 Å². The molecule has 2 bridgehead atoms. The highest BCUT2D eigenvalue weighted by atomic mass is 16.3. The molecule has 4 unspecified atom stereocenters. The van der Waals surface area contributed by atoms with Crippen LogP contribution in [0.3, 0.4) is 0 Å². The van der Waals surface area contributed by atoms with Gasteiger partial charge in [0.2, 0.25) is 5.91 Å². The standard InChI is InChI=1S/C18H22N6O3/c19-17(26)16-10-24(22-21-16)8-13-6-11-4-5-23(13)9-15(11)18(27)20-12-2-1-3-14(25)7-12/h1-3,7,10-11,13,15,25H,4-6,8-9H2,(H2,19,26)(H,20,27). The van der Waals surface area contributed by atoms with Crippen LogP contribution in [0.25, 0.3) is 0 Å². The van der Waals surface area contributed by atoms with Crippen molar-refractivity contribution in [3.05, 3.63) is 36.2 Å². The van der Waals surface area contributed by atoms with Crippen LogP contribution in [0.15, 0.2) is 30.5 Å². The zero-order valence-corrected chi connectivity index (χ0v) is 14.8. The quantitative estimate of drug-likeness (QED) is 0.701. The molecule has 3 aliphatic heterocycles. The van der Waals surface area contributed by atoms with Gasteiger partial charge in [0.05, 0.1) is 18.7 Å². The number of nitrogens with two attached hydrogens (primary N) is 1. The largest absolute Gasteiger partial charge is 0.508 e. The summed E-state index contributed by atoms with van der Waals surface area (Å²) in [6.45, 7) is 2.26. The van der Waals surface area contributed by atoms with E-state index < -0.39 is 5.91 Å². The van der Waals surface area contributed by atoms with Crippen LogP contribution in [0.2, 0.25) is 0 Å². The van der Waals surface area contributed by atoms with Crippen molar-refractivity contribution in [2.24, 2.45) is 17.6 Å². The van der Waals surface area contributed by atoms with E-state index in [0.717, 1.165) is 19.4 Å². The first-order chi connectivity index (χ1) is 13.0. The molecule has 1 aromatic heterocycles. The molecule has 1 aromatic carbocycles. The number of benzene rings is 1. The van der Waals surface area contributed by atoms with Gasteiger partial charge < -0.3 is 16.2 Å². The third-order valence-electron chi connectivity index (χ3n) is 5.52. The van der Waals surface area contributed by atoms with Gasteiger partial charge in [0.25, 0.3) is 5.91 Å². The summed E-state index contributed by atoms with van der Waals surface area (Å²) < 4.78 is 1.65. The number of nitrogens with one attached hydrogen (secondary N) is 1. The zero-order chi connectivity index (χ0) is 19.0. The third-order valence-corrected chi connectivity index (χ3v) is 5.52. The fourth-order valence-electron chi connectivity index (χ4n) is 4.16. The lowest BCUT2D eigenvalue weighted by atomic mass is 9.75. The Morgan fingerprint density at radius 1 is 1.37 bits per heavy atom. The Hall–Kier alpha value is -2.94. The van der Waals surface area contributed by atoms with E-state index in [1.54, 1.807) is 35.1 Å². The summed E-state index contributed by atoms with van der Waals surface area (Å²) in [6.07, 6.45) is 3.44. The number of nitrogens with zero attached hydrogens (tertiary/aromatic N) is 4. The second-order valence-electron chi connectivity index (χ2n) is 7.27. The third kappa shape index (κ3) is 3.63. The molecule has 9 heteroatoms. The van der Waals surface area contributed by atoms with Crippen LogP contribution in [-0.4, -0.2) is 55.9 Å². The number of aromatic nitrogens is 3. The Kier molecular flexibility index (Phi) is 4.53. The molecule has 4 atom stereocenters. The van der Waals surface area contributed by atoms with Crippen LogP contribution in [0.5, 0.6) is 5.75 Å². The number of primary amides is 1. The van der Waals surface area contributed by atoms with E-state index in [4.69, 9.17) is 5.73 Å². The van der Waals surface area contributed by atoms with E-state index in [1.165, 1.54) is 0 Å². The molecule has 2 aromatic rings. The van der Waals surface area contributed by atoms with Crippen molar-refractivity contribution in [2.45, 2.75) is 25.4 Å². The minimum atomic E-state index is -0.588. The number of rotatable bonds is 5. The highest BCUT2D eigenvalue weighted by Crippen LogP contribution is 2.37. The number of fused-ring (bicyclic) bond motifs is 3. The molecule has 5 rings (SSSR count). The van der Waals surface area contributed by atoms with Crippen molar-refractivity contribution in [3.8, 4) is 5.75 Å². The Morgan fingerprint density at radius 3 is 2.89 bits per heavy atom. The number of piperidine rings is 3. The second kappa shape index (κ2) is 6.99. The molecular weight excluding hydrogens is 348 g/mol. The number of hydrogen-bond donors (Lipinski definition) is 3. The number of aromatic hydroxyl groups is 1. The predicted molar refractivity (Wildman–Crippen MR) is 96.9 cm³/mol. The summed E-state index contributed by atoms with van der Waals surface area (Å²) in [5, 5.41) is 20.2. The lowest BCUT2D eigenvalue weighted by Crippen LogP contribution is -2.57. The van der Waals surface area contributed by atoms with E-state index >= 15 is 0 Å². The van der Waals surface area contributed by atoms with Crippen LogP contribution in [0.4, 0.5) is 5.69 Å². The Bertz CT molecular complexity index is 866. The van der Waals surface area contributed by atoms with Crippen molar-refractivity contribution in [3.63, 3.8) is 0 Å². The summed E-state index contributed by atoms with van der Waals surface area (Å²) in [4.78, 5) is 26.2. The van der Waals surface area contributed by atoms with Gasteiger partial charge in [-0.3, -0.25) is 19.2 Å². The van der Waals surface area contributed by atoms with Crippen LogP contribution in [0.1, 0.15) is 23.3 Å². The average molecular weight is 370 g/mol. The number of carbonyl (C=O) groups excluding carboxylic acids is 2. The van der Waals surface area contributed by atoms with Gasteiger partial charge in [-0.2, -0.15) is 0 Å². The van der Waals surface area contributed by atoms with E-state index in [1.807, 2.05) is 0 Å². The van der Waals surface area contributed by atoms with Crippen LogP contribution in [0, 0.1) is 11.8 Å². The first kappa shape index (κ1) is 17.5. The summed E-state index contributed by atoms with van der Waals surface area (Å²) in [5.41, 5.74) is 5.99. The second-order valence-corrected chi connectivity index (χ2v) is 7.27. The number of anilines is 1. The molecule has 0 spiro atoms. The molecule has 3 saturated heterocycles. The van der Waals surface area contributed by atoms with Gasteiger partial charge in [-0.15, -0.1) is 5.10 Å². The predicted octanol–water partition coefficient (Wildman–Crippen LogP) is 0.432. The van der Waals surface area contributed by atoms with Gasteiger partial charge >= 0.3 is 0 Å². The Morgan fingerprint density at radius 2 is 2.22 bits per heavy atom. The number of carbonyl (C=O) groups is 2. The maximum atomic E-state index is 12.7. The molecule has 9 nitrogen and oxygen atoms in total. The lowest BCUT2D eigenvalue weighted by Gasteiger charge is -2.49. The van der Waals surface area contributed by atoms with Crippen LogP contribution < -0.4 is 11.1 Å². The van der Waals surface area contributed by atoms with E-state index in [2.05, 4.69) is 20.5 Å². The summed E-state index contributed by atoms with van der Waals surface area (Å²) in [6, 6.07) is 6.85. The number of hydrogen-bond acceptors (Lipinski definition) is 6. The summed E-state index contributed by atoms with van der Waals surface area (Å²) in [5.74, 6) is -0.239. The number of phenolic OH excluding ortho intramolecular Hbond substituents is 1. The van der Waals surface area contributed by atoms with Crippen molar-refractivity contribution in [2.75, 3.05) is 18.4 Å². The van der Waals surface area contributed by atoms with Gasteiger partial charge in [-0.1, -0.05) is 11.3 Å². The fraction of sp³-hybridized carbons (Fsp3) is 0.444. The van der Waals surface area contributed by atoms with Gasteiger partial charge in [0.1, 0.15) is 5.75 Å². The smallest absolute Gasteiger partial charge is 0.270 e. The Labute approximate surface area is 156 Å². The molecule has 0 saturated carbocycles. The first-order valence-electron chi connectivity index (χ1n) is 9.03. The normalized spacial score (nSPS) is 26.7. The van der Waals surface area contributed by atoms with Gasteiger partial charge in [-0.25, -0.2) is 0 Å². The summed E-state index contributed by atoms with van der Waals surface area (Å²) >= 11 is 0. The van der Waals surface area contributed by atoms with Gasteiger partial charge in [0, 0.05) is 24.3 Å². The highest BCUT2D eigenvalue weighted by Gasteiger charge is 2.43. The van der Waals surface area contributed by atoms with E-state index in [-0.39, 0.29) is 29.3 Å². The van der Waals surface area contributed by atoms with E-state index in [0.29, 0.717) is 24.7 Å². The monoisotopic (exact) mass is 370 g/mol. The van der Waals surface area contributed by atoms with Gasteiger partial charge in [0.15, 0.2) is 5.69 Å². The van der Waals surface area contributed by atoms with Crippen LogP contribution in [-0.2, 0) is 11.3 Å². The summed E-state index contributed by atoms with van der Waals surface area (Å²) in [7, 11) is 0. The molecule has 142 valence electrons. The van der Waals surface area contributed by atoms with E-state index in [9.17, 15) is 14.7 Å². The Balaban J connectivity index is 1.39. The molecule has 4 heterocycles. The minimum absolute atomic E-state index is 0.00878. The molecule has 0 radical (unpaired) electrons. The fourth-order valence-corrected chi connectivity index (χ4v) is 4.16. The molecule has 4 N–H and O–H groups in total. The van der Waals surface area contributed by atoms with Gasteiger partial charge in [-0.05, 0) is 37.4 Å². The lowest BCUT2D eigenvalue weighted by molar-refractivity contribution is -0.127. The number of amides is 2. The van der Waals surface area contributed by atoms with Crippen molar-refractivity contribution >= 4 is 17.5 Å². The average Bonchev–Trinajstić information content (AvgIpc) is 3.11. The molecule has 3 fully saturated rings. The molecule has 2 amide bonds. The molecule has 27 heavy (non-hydrogen) atoms. The maximum Gasteiger partial charge on any atom is 0.270 e. The van der Waals surface area contributed by atoms with Crippen molar-refractivity contribution < 1.29 is 14.7 Å². The SMILES string of the molecule is NC(=O)c1cn(CC2CC3CCN2CC3C(=O)Nc2cccc(O)c2)nn1. The van der Waals surface area contributed by atoms with Crippen molar-refractivity contribution in [1.82, 2.24) is 19.9 Å². The minimum Gasteiger partial charge on any atom is -0.508 e. The zero-order valence-electron chi connectivity index (χ0n) is 14.8.